The third-order valence-electron chi connectivity index (χ3n) is 4.86. The molecular weight excluding hydrogens is 294 g/mol. The Morgan fingerprint density at radius 1 is 1.09 bits per heavy atom. The first-order valence-electron chi connectivity index (χ1n) is 8.09. The molecule has 0 bridgehead atoms. The number of thiazole rings is 1. The molecule has 1 atom stereocenters. The van der Waals surface area contributed by atoms with Gasteiger partial charge in [-0.2, -0.15) is 0 Å². The molecule has 2 aromatic rings. The summed E-state index contributed by atoms with van der Waals surface area (Å²) in [6.07, 6.45) is 4.98. The first-order valence-corrected chi connectivity index (χ1v) is 8.97. The Balaban J connectivity index is 1.68. The van der Waals surface area contributed by atoms with Crippen LogP contribution < -0.4 is 0 Å². The van der Waals surface area contributed by atoms with E-state index in [0.717, 1.165) is 5.69 Å². The first kappa shape index (κ1) is 14.4. The zero-order valence-electron chi connectivity index (χ0n) is 12.7. The lowest BCUT2D eigenvalue weighted by Gasteiger charge is -2.27. The van der Waals surface area contributed by atoms with Crippen molar-refractivity contribution < 1.29 is 9.47 Å². The minimum Gasteiger partial charge on any atom is -0.376 e. The van der Waals surface area contributed by atoms with Gasteiger partial charge in [-0.25, -0.2) is 4.98 Å². The lowest BCUT2D eigenvalue weighted by atomic mass is 9.79. The molecule has 1 aromatic carbocycles. The largest absolute Gasteiger partial charge is 0.376 e. The van der Waals surface area contributed by atoms with Gasteiger partial charge < -0.3 is 9.47 Å². The third kappa shape index (κ3) is 2.49. The second-order valence-corrected chi connectivity index (χ2v) is 7.03. The third-order valence-corrected chi connectivity index (χ3v) is 5.93. The number of nitrogens with zero attached hydrogens (tertiary/aromatic N) is 1. The SMILES string of the molecule is c1ccc(C2(c3nc(C4COCCO4)cs3)CCCC2)cc1. The maximum absolute atomic E-state index is 5.80. The van der Waals surface area contributed by atoms with Crippen molar-refractivity contribution in [1.29, 1.82) is 0 Å². The molecule has 1 saturated carbocycles. The van der Waals surface area contributed by atoms with E-state index in [1.165, 1.54) is 36.3 Å². The van der Waals surface area contributed by atoms with Crippen LogP contribution in [0, 0.1) is 0 Å². The zero-order chi connectivity index (χ0) is 14.8. The van der Waals surface area contributed by atoms with Crippen molar-refractivity contribution in [2.75, 3.05) is 19.8 Å². The summed E-state index contributed by atoms with van der Waals surface area (Å²) in [5.41, 5.74) is 2.57. The van der Waals surface area contributed by atoms with Crippen LogP contribution in [0.3, 0.4) is 0 Å². The molecule has 4 heteroatoms. The number of hydrogen-bond donors (Lipinski definition) is 0. The monoisotopic (exact) mass is 315 g/mol. The fraction of sp³-hybridized carbons (Fsp3) is 0.500. The van der Waals surface area contributed by atoms with Crippen molar-refractivity contribution >= 4 is 11.3 Å². The molecule has 3 nitrogen and oxygen atoms in total. The summed E-state index contributed by atoms with van der Waals surface area (Å²) >= 11 is 1.79. The maximum Gasteiger partial charge on any atom is 0.124 e. The molecule has 0 radical (unpaired) electrons. The molecule has 1 saturated heterocycles. The second-order valence-electron chi connectivity index (χ2n) is 6.17. The van der Waals surface area contributed by atoms with Crippen molar-refractivity contribution in [2.45, 2.75) is 37.2 Å². The van der Waals surface area contributed by atoms with Gasteiger partial charge in [0.05, 0.1) is 25.5 Å². The van der Waals surface area contributed by atoms with E-state index in [9.17, 15) is 0 Å². The minimum atomic E-state index is 0.00739. The molecule has 22 heavy (non-hydrogen) atoms. The fourth-order valence-corrected chi connectivity index (χ4v) is 4.82. The van der Waals surface area contributed by atoms with Crippen LogP contribution in [0.2, 0.25) is 0 Å². The van der Waals surface area contributed by atoms with Gasteiger partial charge in [-0.05, 0) is 18.4 Å². The highest BCUT2D eigenvalue weighted by atomic mass is 32.1. The molecule has 1 aromatic heterocycles. The standard InChI is InChI=1S/C18H21NO2S/c1-2-6-14(7-3-1)18(8-4-5-9-18)17-19-15(13-22-17)16-12-20-10-11-21-16/h1-3,6-7,13,16H,4-5,8-12H2. The topological polar surface area (TPSA) is 31.4 Å². The van der Waals surface area contributed by atoms with Crippen LogP contribution in [0.5, 0.6) is 0 Å². The number of aromatic nitrogens is 1. The number of benzene rings is 1. The Hall–Kier alpha value is -1.23. The van der Waals surface area contributed by atoms with Crippen molar-refractivity contribution in [3.63, 3.8) is 0 Å². The smallest absolute Gasteiger partial charge is 0.124 e. The summed E-state index contributed by atoms with van der Waals surface area (Å²) in [6, 6.07) is 10.9. The van der Waals surface area contributed by atoms with Crippen LogP contribution in [0.1, 0.15) is 48.1 Å². The molecule has 0 N–H and O–H groups in total. The molecule has 2 aliphatic rings. The molecule has 2 heterocycles. The quantitative estimate of drug-likeness (QED) is 0.855. The van der Waals surface area contributed by atoms with Crippen LogP contribution >= 0.6 is 11.3 Å². The molecule has 0 spiro atoms. The first-order chi connectivity index (χ1) is 10.9. The average molecular weight is 315 g/mol. The van der Waals surface area contributed by atoms with Gasteiger partial charge in [0.2, 0.25) is 0 Å². The Morgan fingerprint density at radius 2 is 1.91 bits per heavy atom. The van der Waals surface area contributed by atoms with Gasteiger partial charge in [0.25, 0.3) is 0 Å². The van der Waals surface area contributed by atoms with E-state index in [-0.39, 0.29) is 11.5 Å². The van der Waals surface area contributed by atoms with Crippen LogP contribution in [-0.2, 0) is 14.9 Å². The highest BCUT2D eigenvalue weighted by molar-refractivity contribution is 7.09. The molecule has 116 valence electrons. The van der Waals surface area contributed by atoms with Crippen LogP contribution in [0.25, 0.3) is 0 Å². The number of hydrogen-bond acceptors (Lipinski definition) is 4. The second kappa shape index (κ2) is 6.11. The van der Waals surface area contributed by atoms with Gasteiger partial charge in [-0.3, -0.25) is 0 Å². The van der Waals surface area contributed by atoms with Gasteiger partial charge in [-0.1, -0.05) is 43.2 Å². The van der Waals surface area contributed by atoms with Crippen molar-refractivity contribution in [1.82, 2.24) is 4.98 Å². The zero-order valence-corrected chi connectivity index (χ0v) is 13.5. The van der Waals surface area contributed by atoms with Gasteiger partial charge in [0.15, 0.2) is 0 Å². The molecule has 0 amide bonds. The van der Waals surface area contributed by atoms with Gasteiger partial charge >= 0.3 is 0 Å². The van der Waals surface area contributed by atoms with E-state index >= 15 is 0 Å². The summed E-state index contributed by atoms with van der Waals surface area (Å²) in [7, 11) is 0. The van der Waals surface area contributed by atoms with E-state index in [1.54, 1.807) is 11.3 Å². The molecule has 1 unspecified atom stereocenters. The number of ether oxygens (including phenoxy) is 2. The Kier molecular flexibility index (Phi) is 3.99. The summed E-state index contributed by atoms with van der Waals surface area (Å²) in [4.78, 5) is 4.98. The predicted octanol–water partition coefficient (Wildman–Crippen LogP) is 4.09. The minimum absolute atomic E-state index is 0.00739. The normalized spacial score (nSPS) is 24.5. The maximum atomic E-state index is 5.80. The van der Waals surface area contributed by atoms with Gasteiger partial charge in [-0.15, -0.1) is 11.3 Å². The van der Waals surface area contributed by atoms with Crippen LogP contribution in [0.15, 0.2) is 35.7 Å². The van der Waals surface area contributed by atoms with E-state index in [4.69, 9.17) is 14.5 Å². The number of rotatable bonds is 3. The van der Waals surface area contributed by atoms with Crippen molar-refractivity contribution in [3.8, 4) is 0 Å². The lowest BCUT2D eigenvalue weighted by Crippen LogP contribution is -2.25. The molecule has 1 aliphatic heterocycles. The highest BCUT2D eigenvalue weighted by Crippen LogP contribution is 2.47. The van der Waals surface area contributed by atoms with E-state index < -0.39 is 0 Å². The lowest BCUT2D eigenvalue weighted by molar-refractivity contribution is -0.0916. The Bertz CT molecular complexity index is 613. The molecular formula is C18H21NO2S. The van der Waals surface area contributed by atoms with Crippen molar-refractivity contribution in [3.05, 3.63) is 52.0 Å². The molecule has 2 fully saturated rings. The van der Waals surface area contributed by atoms with E-state index in [2.05, 4.69) is 35.7 Å². The van der Waals surface area contributed by atoms with E-state index in [0.29, 0.717) is 19.8 Å². The highest BCUT2D eigenvalue weighted by Gasteiger charge is 2.40. The molecule has 4 rings (SSSR count). The predicted molar refractivity (Wildman–Crippen MR) is 87.3 cm³/mol. The summed E-state index contributed by atoms with van der Waals surface area (Å²) in [5.74, 6) is 0. The Morgan fingerprint density at radius 3 is 2.64 bits per heavy atom. The summed E-state index contributed by atoms with van der Waals surface area (Å²) in [5, 5.41) is 3.41. The van der Waals surface area contributed by atoms with Gasteiger partial charge in [0, 0.05) is 10.8 Å². The van der Waals surface area contributed by atoms with Crippen molar-refractivity contribution in [2.24, 2.45) is 0 Å². The fourth-order valence-electron chi connectivity index (χ4n) is 3.67. The molecule has 1 aliphatic carbocycles. The summed E-state index contributed by atoms with van der Waals surface area (Å²) in [6.45, 7) is 1.99. The van der Waals surface area contributed by atoms with Crippen LogP contribution in [0.4, 0.5) is 0 Å². The summed E-state index contributed by atoms with van der Waals surface area (Å²) < 4.78 is 11.3. The van der Waals surface area contributed by atoms with Crippen LogP contribution in [-0.4, -0.2) is 24.8 Å². The average Bonchev–Trinajstić information content (AvgIpc) is 3.27. The van der Waals surface area contributed by atoms with E-state index in [1.807, 2.05) is 0 Å². The Labute approximate surface area is 135 Å². The van der Waals surface area contributed by atoms with Gasteiger partial charge in [0.1, 0.15) is 11.1 Å².